The Morgan fingerprint density at radius 1 is 1.37 bits per heavy atom. The number of nitrogens with zero attached hydrogens (tertiary/aromatic N) is 2. The maximum absolute atomic E-state index is 11.0. The van der Waals surface area contributed by atoms with Gasteiger partial charge in [-0.05, 0) is 55.8 Å². The maximum Gasteiger partial charge on any atom is 0.354 e. The number of carboxylic acids is 1. The highest BCUT2D eigenvalue weighted by atomic mass is 16.4. The molecule has 0 spiro atoms. The summed E-state index contributed by atoms with van der Waals surface area (Å²) >= 11 is 0. The molecular formula is C15H20N2O2. The van der Waals surface area contributed by atoms with E-state index in [0.717, 1.165) is 30.6 Å². The second-order valence-corrected chi connectivity index (χ2v) is 5.73. The van der Waals surface area contributed by atoms with Gasteiger partial charge in [-0.15, -0.1) is 0 Å². The molecule has 0 bridgehead atoms. The summed E-state index contributed by atoms with van der Waals surface area (Å²) in [6.45, 7) is 2.01. The van der Waals surface area contributed by atoms with Gasteiger partial charge in [0.1, 0.15) is 5.69 Å². The smallest absolute Gasteiger partial charge is 0.354 e. The average Bonchev–Trinajstić information content (AvgIpc) is 2.88. The van der Waals surface area contributed by atoms with Crippen LogP contribution in [0.25, 0.3) is 0 Å². The highest BCUT2D eigenvalue weighted by Gasteiger charge is 2.34. The van der Waals surface area contributed by atoms with Gasteiger partial charge in [0.15, 0.2) is 0 Å². The number of aromatic nitrogens is 1. The van der Waals surface area contributed by atoms with Gasteiger partial charge >= 0.3 is 5.97 Å². The Morgan fingerprint density at radius 2 is 2.21 bits per heavy atom. The molecule has 1 N–H and O–H groups in total. The number of piperidine rings is 1. The number of carboxylic acid groups (broad SMARTS) is 1. The van der Waals surface area contributed by atoms with Crippen LogP contribution in [-0.4, -0.2) is 33.5 Å². The second-order valence-electron chi connectivity index (χ2n) is 5.73. The van der Waals surface area contributed by atoms with Gasteiger partial charge in [-0.2, -0.15) is 0 Å². The summed E-state index contributed by atoms with van der Waals surface area (Å²) in [6, 6.07) is 4.36. The van der Waals surface area contributed by atoms with Gasteiger partial charge in [0.25, 0.3) is 0 Å². The highest BCUT2D eigenvalue weighted by Crippen LogP contribution is 2.37. The molecule has 2 atom stereocenters. The van der Waals surface area contributed by atoms with Crippen molar-refractivity contribution >= 4 is 5.97 Å². The largest absolute Gasteiger partial charge is 0.477 e. The lowest BCUT2D eigenvalue weighted by atomic mass is 9.91. The quantitative estimate of drug-likeness (QED) is 0.907. The monoisotopic (exact) mass is 260 g/mol. The summed E-state index contributed by atoms with van der Waals surface area (Å²) in [6.07, 6.45) is 8.28. The van der Waals surface area contributed by atoms with Crippen molar-refractivity contribution in [1.29, 1.82) is 0 Å². The van der Waals surface area contributed by atoms with Crippen molar-refractivity contribution in [2.45, 2.75) is 44.7 Å². The Morgan fingerprint density at radius 3 is 3.05 bits per heavy atom. The first-order valence-electron chi connectivity index (χ1n) is 7.16. The molecule has 19 heavy (non-hydrogen) atoms. The molecule has 102 valence electrons. The lowest BCUT2D eigenvalue weighted by molar-refractivity contribution is 0.0689. The first-order chi connectivity index (χ1) is 9.24. The van der Waals surface area contributed by atoms with Crippen LogP contribution in [0.5, 0.6) is 0 Å². The van der Waals surface area contributed by atoms with Crippen LogP contribution in [0, 0.1) is 5.92 Å². The van der Waals surface area contributed by atoms with Crippen molar-refractivity contribution in [1.82, 2.24) is 9.88 Å². The Hall–Kier alpha value is -1.42. The Kier molecular flexibility index (Phi) is 3.51. The van der Waals surface area contributed by atoms with E-state index in [1.54, 1.807) is 12.3 Å². The number of likely N-dealkylation sites (tertiary alicyclic amines) is 1. The van der Waals surface area contributed by atoms with E-state index in [9.17, 15) is 4.79 Å². The molecule has 2 aliphatic rings. The van der Waals surface area contributed by atoms with Crippen molar-refractivity contribution in [2.75, 3.05) is 6.54 Å². The van der Waals surface area contributed by atoms with E-state index in [2.05, 4.69) is 9.88 Å². The lowest BCUT2D eigenvalue weighted by Gasteiger charge is -2.37. The van der Waals surface area contributed by atoms with Crippen molar-refractivity contribution in [3.8, 4) is 0 Å². The molecule has 0 amide bonds. The summed E-state index contributed by atoms with van der Waals surface area (Å²) in [5.41, 5.74) is 1.22. The summed E-state index contributed by atoms with van der Waals surface area (Å²) < 4.78 is 0. The number of hydrogen-bond donors (Lipinski definition) is 1. The van der Waals surface area contributed by atoms with Crippen molar-refractivity contribution in [2.24, 2.45) is 5.92 Å². The normalized spacial score (nSPS) is 27.2. The molecule has 1 saturated heterocycles. The number of aromatic carboxylic acids is 1. The van der Waals surface area contributed by atoms with Crippen LogP contribution < -0.4 is 0 Å². The molecule has 3 rings (SSSR count). The number of hydrogen-bond acceptors (Lipinski definition) is 3. The van der Waals surface area contributed by atoms with E-state index in [0.29, 0.717) is 0 Å². The fourth-order valence-electron chi connectivity index (χ4n) is 3.68. The van der Waals surface area contributed by atoms with Gasteiger partial charge < -0.3 is 5.11 Å². The minimum atomic E-state index is -0.945. The third kappa shape index (κ3) is 2.63. The molecule has 2 fully saturated rings. The van der Waals surface area contributed by atoms with Gasteiger partial charge in [0.2, 0.25) is 0 Å². The third-order valence-electron chi connectivity index (χ3n) is 4.54. The van der Waals surface area contributed by atoms with E-state index in [1.807, 2.05) is 6.07 Å². The highest BCUT2D eigenvalue weighted by molar-refractivity contribution is 5.85. The average molecular weight is 260 g/mol. The van der Waals surface area contributed by atoms with E-state index < -0.39 is 5.97 Å². The van der Waals surface area contributed by atoms with Crippen LogP contribution in [0.4, 0.5) is 0 Å². The van der Waals surface area contributed by atoms with Gasteiger partial charge in [-0.1, -0.05) is 6.42 Å². The number of pyridine rings is 1. The predicted molar refractivity (Wildman–Crippen MR) is 72.0 cm³/mol. The van der Waals surface area contributed by atoms with Crippen molar-refractivity contribution in [3.05, 3.63) is 29.6 Å². The van der Waals surface area contributed by atoms with Crippen molar-refractivity contribution < 1.29 is 9.90 Å². The molecule has 1 aliphatic carbocycles. The molecule has 0 radical (unpaired) electrons. The Labute approximate surface area is 113 Å². The number of carbonyl (C=O) groups is 1. The van der Waals surface area contributed by atoms with Crippen LogP contribution in [0.2, 0.25) is 0 Å². The number of rotatable bonds is 3. The van der Waals surface area contributed by atoms with E-state index in [1.165, 1.54) is 32.1 Å². The van der Waals surface area contributed by atoms with Crippen LogP contribution in [-0.2, 0) is 6.54 Å². The topological polar surface area (TPSA) is 53.4 Å². The van der Waals surface area contributed by atoms with Gasteiger partial charge in [-0.25, -0.2) is 9.78 Å². The molecule has 1 saturated carbocycles. The fraction of sp³-hybridized carbons (Fsp3) is 0.600. The van der Waals surface area contributed by atoms with E-state index in [-0.39, 0.29) is 5.69 Å². The summed E-state index contributed by atoms with van der Waals surface area (Å²) in [5.74, 6) is -0.0752. The van der Waals surface area contributed by atoms with Crippen LogP contribution in [0.3, 0.4) is 0 Å². The Balaban J connectivity index is 1.73. The SMILES string of the molecule is O=C(O)c1cc(CN2CCCC3CCCC32)ccn1. The summed E-state index contributed by atoms with van der Waals surface area (Å²) in [7, 11) is 0. The first-order valence-corrected chi connectivity index (χ1v) is 7.16. The molecular weight excluding hydrogens is 240 g/mol. The molecule has 1 aliphatic heterocycles. The number of fused-ring (bicyclic) bond motifs is 1. The van der Waals surface area contributed by atoms with Gasteiger partial charge in [0, 0.05) is 18.8 Å². The molecule has 1 aromatic heterocycles. The first kappa shape index (κ1) is 12.6. The van der Waals surface area contributed by atoms with Crippen molar-refractivity contribution in [3.63, 3.8) is 0 Å². The molecule has 4 nitrogen and oxygen atoms in total. The third-order valence-corrected chi connectivity index (χ3v) is 4.54. The molecule has 2 unspecified atom stereocenters. The predicted octanol–water partition coefficient (Wildman–Crippen LogP) is 2.54. The summed E-state index contributed by atoms with van der Waals surface area (Å²) in [4.78, 5) is 17.4. The van der Waals surface area contributed by atoms with Gasteiger partial charge in [-0.3, -0.25) is 4.90 Å². The Bertz CT molecular complexity index is 475. The molecule has 0 aromatic carbocycles. The molecule has 2 heterocycles. The minimum absolute atomic E-state index is 0.150. The lowest BCUT2D eigenvalue weighted by Crippen LogP contribution is -2.41. The van der Waals surface area contributed by atoms with Crippen LogP contribution >= 0.6 is 0 Å². The maximum atomic E-state index is 11.0. The fourth-order valence-corrected chi connectivity index (χ4v) is 3.68. The zero-order valence-electron chi connectivity index (χ0n) is 11.1. The minimum Gasteiger partial charge on any atom is -0.477 e. The molecule has 1 aromatic rings. The van der Waals surface area contributed by atoms with Crippen LogP contribution in [0.1, 0.15) is 48.2 Å². The zero-order valence-corrected chi connectivity index (χ0v) is 11.1. The summed E-state index contributed by atoms with van der Waals surface area (Å²) in [5, 5.41) is 8.99. The standard InChI is InChI=1S/C15H20N2O2/c18-15(19)13-9-11(6-7-16-13)10-17-8-2-4-12-3-1-5-14(12)17/h6-7,9,12,14H,1-5,8,10H2,(H,18,19). The van der Waals surface area contributed by atoms with E-state index in [4.69, 9.17) is 5.11 Å². The second kappa shape index (κ2) is 5.29. The van der Waals surface area contributed by atoms with Gasteiger partial charge in [0.05, 0.1) is 0 Å². The van der Waals surface area contributed by atoms with E-state index >= 15 is 0 Å². The zero-order chi connectivity index (χ0) is 13.2. The molecule has 4 heteroatoms. The van der Waals surface area contributed by atoms with Crippen LogP contribution in [0.15, 0.2) is 18.3 Å².